The number of amides is 1. The van der Waals surface area contributed by atoms with Crippen molar-refractivity contribution in [3.8, 4) is 0 Å². The highest BCUT2D eigenvalue weighted by atomic mass is 16.3. The molecule has 70 valence electrons. The summed E-state index contributed by atoms with van der Waals surface area (Å²) in [5.74, 6) is 0.657. The third-order valence-corrected chi connectivity index (χ3v) is 2.43. The molecule has 1 saturated heterocycles. The maximum atomic E-state index is 11.4. The summed E-state index contributed by atoms with van der Waals surface area (Å²) in [7, 11) is 0. The van der Waals surface area contributed by atoms with Gasteiger partial charge >= 0.3 is 0 Å². The minimum Gasteiger partial charge on any atom is -0.389 e. The summed E-state index contributed by atoms with van der Waals surface area (Å²) in [6, 6.07) is 0. The van der Waals surface area contributed by atoms with Crippen molar-refractivity contribution in [3.63, 3.8) is 0 Å². The van der Waals surface area contributed by atoms with Crippen LogP contribution in [-0.4, -0.2) is 35.1 Å². The van der Waals surface area contributed by atoms with Gasteiger partial charge in [-0.3, -0.25) is 4.79 Å². The Labute approximate surface area is 73.4 Å². The van der Waals surface area contributed by atoms with E-state index in [0.717, 1.165) is 6.42 Å². The van der Waals surface area contributed by atoms with Crippen LogP contribution in [0.25, 0.3) is 0 Å². The van der Waals surface area contributed by atoms with E-state index in [9.17, 15) is 4.79 Å². The topological polar surface area (TPSA) is 40.5 Å². The van der Waals surface area contributed by atoms with Gasteiger partial charge in [-0.15, -0.1) is 0 Å². The van der Waals surface area contributed by atoms with Crippen LogP contribution < -0.4 is 0 Å². The Morgan fingerprint density at radius 2 is 2.25 bits per heavy atom. The Balaban J connectivity index is 2.20. The quantitative estimate of drug-likeness (QED) is 0.676. The van der Waals surface area contributed by atoms with Crippen LogP contribution in [0.2, 0.25) is 0 Å². The van der Waals surface area contributed by atoms with Crippen LogP contribution in [0.4, 0.5) is 0 Å². The molecule has 0 aromatic carbocycles. The van der Waals surface area contributed by atoms with Gasteiger partial charge in [0.25, 0.3) is 0 Å². The fourth-order valence-electron chi connectivity index (χ4n) is 1.23. The predicted octanol–water partition coefficient (Wildman–Crippen LogP) is 0.626. The van der Waals surface area contributed by atoms with E-state index in [4.69, 9.17) is 5.11 Å². The van der Waals surface area contributed by atoms with E-state index >= 15 is 0 Å². The second-order valence-corrected chi connectivity index (χ2v) is 3.67. The molecular weight excluding hydrogens is 154 g/mol. The smallest absolute Gasteiger partial charge is 0.223 e. The molecular formula is C9H17NO2. The number of hydrogen-bond acceptors (Lipinski definition) is 2. The number of hydrogen-bond donors (Lipinski definition) is 1. The lowest BCUT2D eigenvalue weighted by Crippen LogP contribution is -2.53. The van der Waals surface area contributed by atoms with E-state index < -0.39 is 0 Å². The van der Waals surface area contributed by atoms with E-state index in [1.807, 2.05) is 0 Å². The first-order valence-corrected chi connectivity index (χ1v) is 4.59. The Kier molecular flexibility index (Phi) is 3.09. The molecule has 1 unspecified atom stereocenters. The molecule has 0 aromatic rings. The predicted molar refractivity (Wildman–Crippen MR) is 46.7 cm³/mol. The van der Waals surface area contributed by atoms with Gasteiger partial charge in [-0.25, -0.2) is 0 Å². The third kappa shape index (κ3) is 2.21. The van der Waals surface area contributed by atoms with Gasteiger partial charge in [0, 0.05) is 19.5 Å². The molecule has 1 aliphatic rings. The normalized spacial score (nSPS) is 20.4. The summed E-state index contributed by atoms with van der Waals surface area (Å²) < 4.78 is 0. The molecule has 3 heteroatoms. The molecule has 1 aliphatic heterocycles. The molecule has 0 bridgehead atoms. The van der Waals surface area contributed by atoms with Crippen LogP contribution in [0.3, 0.4) is 0 Å². The van der Waals surface area contributed by atoms with Crippen LogP contribution in [0, 0.1) is 5.92 Å². The zero-order valence-electron chi connectivity index (χ0n) is 7.79. The van der Waals surface area contributed by atoms with Gasteiger partial charge in [0.05, 0.1) is 6.10 Å². The number of carbonyl (C=O) groups excluding carboxylic acids is 1. The highest BCUT2D eigenvalue weighted by Crippen LogP contribution is 2.14. The highest BCUT2D eigenvalue weighted by Gasteiger charge is 2.28. The fourth-order valence-corrected chi connectivity index (χ4v) is 1.23. The zero-order chi connectivity index (χ0) is 9.14. The van der Waals surface area contributed by atoms with Gasteiger partial charge in [0.2, 0.25) is 5.91 Å². The standard InChI is InChI=1S/C9H17NO2/c1-3-7(2)4-9(12)10-5-8(11)6-10/h7-8,11H,3-6H2,1-2H3. The highest BCUT2D eigenvalue weighted by molar-refractivity contribution is 5.77. The van der Waals surface area contributed by atoms with Gasteiger partial charge in [0.1, 0.15) is 0 Å². The Morgan fingerprint density at radius 3 is 2.67 bits per heavy atom. The van der Waals surface area contributed by atoms with Crippen molar-refractivity contribution in [1.82, 2.24) is 4.90 Å². The van der Waals surface area contributed by atoms with Crippen molar-refractivity contribution in [2.24, 2.45) is 5.92 Å². The molecule has 1 heterocycles. The molecule has 12 heavy (non-hydrogen) atoms. The number of aliphatic hydroxyl groups excluding tert-OH is 1. The molecule has 3 nitrogen and oxygen atoms in total. The van der Waals surface area contributed by atoms with Crippen LogP contribution in [-0.2, 0) is 4.79 Å². The van der Waals surface area contributed by atoms with Crippen LogP contribution in [0.5, 0.6) is 0 Å². The van der Waals surface area contributed by atoms with Crippen LogP contribution >= 0.6 is 0 Å². The van der Waals surface area contributed by atoms with Gasteiger partial charge < -0.3 is 10.0 Å². The lowest BCUT2D eigenvalue weighted by Gasteiger charge is -2.36. The second-order valence-electron chi connectivity index (χ2n) is 3.67. The number of β-amino-alcohol motifs (C(OH)–C–C–N with tert-alkyl or cyclic N) is 1. The number of nitrogens with zero attached hydrogens (tertiary/aromatic N) is 1. The molecule has 1 N–H and O–H groups in total. The van der Waals surface area contributed by atoms with Crippen LogP contribution in [0.15, 0.2) is 0 Å². The largest absolute Gasteiger partial charge is 0.389 e. The van der Waals surface area contributed by atoms with E-state index in [1.165, 1.54) is 0 Å². The summed E-state index contributed by atoms with van der Waals surface area (Å²) in [4.78, 5) is 13.1. The van der Waals surface area contributed by atoms with Gasteiger partial charge in [-0.2, -0.15) is 0 Å². The van der Waals surface area contributed by atoms with Crippen molar-refractivity contribution < 1.29 is 9.90 Å². The minimum atomic E-state index is -0.272. The number of likely N-dealkylation sites (tertiary alicyclic amines) is 1. The lowest BCUT2D eigenvalue weighted by molar-refractivity contribution is -0.142. The van der Waals surface area contributed by atoms with Gasteiger partial charge in [-0.1, -0.05) is 20.3 Å². The summed E-state index contributed by atoms with van der Waals surface area (Å²) in [5.41, 5.74) is 0. The summed E-state index contributed by atoms with van der Waals surface area (Å²) in [5, 5.41) is 8.96. The van der Waals surface area contributed by atoms with E-state index in [0.29, 0.717) is 25.4 Å². The molecule has 0 aromatic heterocycles. The summed E-state index contributed by atoms with van der Waals surface area (Å²) in [6.45, 7) is 5.24. The molecule has 0 spiro atoms. The molecule has 1 fully saturated rings. The first-order valence-electron chi connectivity index (χ1n) is 4.59. The van der Waals surface area contributed by atoms with Gasteiger partial charge in [-0.05, 0) is 5.92 Å². The van der Waals surface area contributed by atoms with Crippen molar-refractivity contribution in [3.05, 3.63) is 0 Å². The molecule has 0 aliphatic carbocycles. The Bertz CT molecular complexity index is 164. The average molecular weight is 171 g/mol. The first kappa shape index (κ1) is 9.52. The van der Waals surface area contributed by atoms with Crippen LogP contribution in [0.1, 0.15) is 26.7 Å². The van der Waals surface area contributed by atoms with E-state index in [-0.39, 0.29) is 12.0 Å². The Morgan fingerprint density at radius 1 is 1.67 bits per heavy atom. The minimum absolute atomic E-state index is 0.189. The molecule has 0 radical (unpaired) electrons. The SMILES string of the molecule is CCC(C)CC(=O)N1CC(O)C1. The molecule has 0 saturated carbocycles. The molecule has 1 atom stereocenters. The monoisotopic (exact) mass is 171 g/mol. The van der Waals surface area contributed by atoms with Crippen molar-refractivity contribution >= 4 is 5.91 Å². The third-order valence-electron chi connectivity index (χ3n) is 2.43. The summed E-state index contributed by atoms with van der Waals surface area (Å²) in [6.07, 6.45) is 1.40. The van der Waals surface area contributed by atoms with Crippen molar-refractivity contribution in [2.45, 2.75) is 32.8 Å². The average Bonchev–Trinajstić information content (AvgIpc) is 1.98. The summed E-state index contributed by atoms with van der Waals surface area (Å²) >= 11 is 0. The molecule has 1 rings (SSSR count). The Hall–Kier alpha value is -0.570. The van der Waals surface area contributed by atoms with E-state index in [1.54, 1.807) is 4.90 Å². The van der Waals surface area contributed by atoms with Crippen molar-refractivity contribution in [2.75, 3.05) is 13.1 Å². The maximum absolute atomic E-state index is 11.4. The van der Waals surface area contributed by atoms with E-state index in [2.05, 4.69) is 13.8 Å². The zero-order valence-corrected chi connectivity index (χ0v) is 7.79. The maximum Gasteiger partial charge on any atom is 0.223 e. The lowest BCUT2D eigenvalue weighted by atomic mass is 10.0. The van der Waals surface area contributed by atoms with Crippen molar-refractivity contribution in [1.29, 1.82) is 0 Å². The van der Waals surface area contributed by atoms with Gasteiger partial charge in [0.15, 0.2) is 0 Å². The molecule has 1 amide bonds. The number of rotatable bonds is 3. The fraction of sp³-hybridized carbons (Fsp3) is 0.889. The second kappa shape index (κ2) is 3.90. The first-order chi connectivity index (χ1) is 5.63. The number of carbonyl (C=O) groups is 1. The number of aliphatic hydroxyl groups is 1.